The number of hydrogen-bond donors (Lipinski definition) is 3. The van der Waals surface area contributed by atoms with E-state index in [1.165, 1.54) is 29.2 Å². The maximum atomic E-state index is 11.9. The van der Waals surface area contributed by atoms with E-state index in [-0.39, 0.29) is 18.0 Å². The van der Waals surface area contributed by atoms with Gasteiger partial charge in [-0.3, -0.25) is 24.4 Å². The van der Waals surface area contributed by atoms with Crippen LogP contribution in [0.3, 0.4) is 0 Å². The zero-order chi connectivity index (χ0) is 15.0. The van der Waals surface area contributed by atoms with Crippen LogP contribution < -0.4 is 16.4 Å². The normalized spacial score (nSPS) is 13.0. The van der Waals surface area contributed by atoms with Gasteiger partial charge >= 0.3 is 0 Å². The number of hydrogen-bond acceptors (Lipinski definition) is 5. The van der Waals surface area contributed by atoms with Crippen molar-refractivity contribution in [3.8, 4) is 0 Å². The van der Waals surface area contributed by atoms with Gasteiger partial charge in [-0.1, -0.05) is 0 Å². The largest absolute Gasteiger partial charge is 0.396 e. The minimum atomic E-state index is -0.467. The van der Waals surface area contributed by atoms with Crippen LogP contribution in [0.4, 0.5) is 11.4 Å². The van der Waals surface area contributed by atoms with Gasteiger partial charge in [0.2, 0.25) is 5.91 Å². The molecule has 0 atom stereocenters. The fourth-order valence-electron chi connectivity index (χ4n) is 2.06. The summed E-state index contributed by atoms with van der Waals surface area (Å²) in [5, 5.41) is 8.72. The number of nitrogens with two attached hydrogens (primary N) is 1. The van der Waals surface area contributed by atoms with Crippen LogP contribution in [0.25, 0.3) is 0 Å². The summed E-state index contributed by atoms with van der Waals surface area (Å²) in [5.41, 5.74) is 6.96. The number of rotatable bonds is 3. The SMILES string of the molecule is Nc1cnn(CC(=O)Nc2ccc3c(c2)C(=O)NC3=O)c1. The second-order valence-corrected chi connectivity index (χ2v) is 4.56. The van der Waals surface area contributed by atoms with E-state index in [2.05, 4.69) is 15.7 Å². The summed E-state index contributed by atoms with van der Waals surface area (Å²) >= 11 is 0. The van der Waals surface area contributed by atoms with Gasteiger partial charge in [0.05, 0.1) is 23.0 Å². The van der Waals surface area contributed by atoms with Crippen molar-refractivity contribution in [1.29, 1.82) is 0 Å². The van der Waals surface area contributed by atoms with Gasteiger partial charge in [-0.25, -0.2) is 0 Å². The number of fused-ring (bicyclic) bond motifs is 1. The minimum Gasteiger partial charge on any atom is -0.396 e. The molecule has 0 radical (unpaired) electrons. The summed E-state index contributed by atoms with van der Waals surface area (Å²) in [5.74, 6) is -1.21. The first kappa shape index (κ1) is 12.9. The van der Waals surface area contributed by atoms with Crippen LogP contribution in [-0.2, 0) is 11.3 Å². The number of benzene rings is 1. The van der Waals surface area contributed by atoms with E-state index in [4.69, 9.17) is 5.73 Å². The van der Waals surface area contributed by atoms with Crippen LogP contribution >= 0.6 is 0 Å². The summed E-state index contributed by atoms with van der Waals surface area (Å²) in [7, 11) is 0. The Labute approximate surface area is 118 Å². The first-order valence-electron chi connectivity index (χ1n) is 6.10. The maximum Gasteiger partial charge on any atom is 0.259 e. The number of nitrogens with zero attached hydrogens (tertiary/aromatic N) is 2. The summed E-state index contributed by atoms with van der Waals surface area (Å²) < 4.78 is 1.40. The van der Waals surface area contributed by atoms with E-state index in [0.717, 1.165) is 0 Å². The molecule has 3 rings (SSSR count). The Balaban J connectivity index is 1.74. The summed E-state index contributed by atoms with van der Waals surface area (Å²) in [6.07, 6.45) is 2.98. The minimum absolute atomic E-state index is 0.000584. The molecule has 0 unspecified atom stereocenters. The van der Waals surface area contributed by atoms with Gasteiger partial charge in [0.1, 0.15) is 6.54 Å². The fraction of sp³-hybridized carbons (Fsp3) is 0.0769. The van der Waals surface area contributed by atoms with Crippen LogP contribution in [-0.4, -0.2) is 27.5 Å². The highest BCUT2D eigenvalue weighted by molar-refractivity contribution is 6.22. The standard InChI is InChI=1S/C13H11N5O3/c14-7-4-15-18(5-7)6-11(19)16-8-1-2-9-10(3-8)13(21)17-12(9)20/h1-5H,6,14H2,(H,16,19)(H,17,20,21). The molecule has 1 aromatic carbocycles. The molecule has 0 spiro atoms. The van der Waals surface area contributed by atoms with Gasteiger partial charge in [0.25, 0.3) is 11.8 Å². The van der Waals surface area contributed by atoms with E-state index in [0.29, 0.717) is 16.9 Å². The Morgan fingerprint density at radius 1 is 1.29 bits per heavy atom. The number of carbonyl (C=O) groups excluding carboxylic acids is 3. The topological polar surface area (TPSA) is 119 Å². The van der Waals surface area contributed by atoms with Gasteiger partial charge in [-0.2, -0.15) is 5.10 Å². The van der Waals surface area contributed by atoms with Crippen molar-refractivity contribution >= 4 is 29.1 Å². The molecule has 0 bridgehead atoms. The van der Waals surface area contributed by atoms with Crippen LogP contribution in [0, 0.1) is 0 Å². The van der Waals surface area contributed by atoms with E-state index < -0.39 is 11.8 Å². The molecule has 0 fully saturated rings. The Morgan fingerprint density at radius 3 is 2.76 bits per heavy atom. The molecular weight excluding hydrogens is 274 g/mol. The molecule has 8 nitrogen and oxygen atoms in total. The molecule has 0 saturated carbocycles. The first-order chi connectivity index (χ1) is 10.0. The van der Waals surface area contributed by atoms with Crippen molar-refractivity contribution in [1.82, 2.24) is 15.1 Å². The number of imide groups is 1. The highest BCUT2D eigenvalue weighted by atomic mass is 16.2. The lowest BCUT2D eigenvalue weighted by atomic mass is 10.1. The number of amides is 3. The van der Waals surface area contributed by atoms with E-state index in [1.807, 2.05) is 0 Å². The number of aromatic nitrogens is 2. The summed E-state index contributed by atoms with van der Waals surface area (Å²) in [4.78, 5) is 34.8. The van der Waals surface area contributed by atoms with Gasteiger partial charge in [-0.15, -0.1) is 0 Å². The average Bonchev–Trinajstić information content (AvgIpc) is 2.94. The smallest absolute Gasteiger partial charge is 0.259 e. The quantitative estimate of drug-likeness (QED) is 0.685. The van der Waals surface area contributed by atoms with Crippen molar-refractivity contribution in [2.75, 3.05) is 11.1 Å². The molecule has 0 aliphatic carbocycles. The highest BCUT2D eigenvalue weighted by Crippen LogP contribution is 2.20. The average molecular weight is 285 g/mol. The lowest BCUT2D eigenvalue weighted by molar-refractivity contribution is -0.116. The van der Waals surface area contributed by atoms with Crippen molar-refractivity contribution in [2.45, 2.75) is 6.54 Å². The lowest BCUT2D eigenvalue weighted by Gasteiger charge is -2.06. The number of nitrogens with one attached hydrogen (secondary N) is 2. The molecule has 2 aromatic rings. The van der Waals surface area contributed by atoms with Crippen LogP contribution in [0.5, 0.6) is 0 Å². The maximum absolute atomic E-state index is 11.9. The van der Waals surface area contributed by atoms with Crippen molar-refractivity contribution in [3.63, 3.8) is 0 Å². The van der Waals surface area contributed by atoms with Crippen molar-refractivity contribution < 1.29 is 14.4 Å². The molecule has 21 heavy (non-hydrogen) atoms. The predicted octanol–water partition coefficient (Wildman–Crippen LogP) is -0.0124. The van der Waals surface area contributed by atoms with E-state index in [9.17, 15) is 14.4 Å². The lowest BCUT2D eigenvalue weighted by Crippen LogP contribution is -2.20. The third-order valence-electron chi connectivity index (χ3n) is 2.98. The molecule has 1 aliphatic heterocycles. The molecule has 1 aromatic heterocycles. The molecule has 8 heteroatoms. The molecule has 0 saturated heterocycles. The molecule has 2 heterocycles. The molecular formula is C13H11N5O3. The summed E-state index contributed by atoms with van der Waals surface area (Å²) in [6.45, 7) is -0.000584. The molecule has 106 valence electrons. The van der Waals surface area contributed by atoms with E-state index in [1.54, 1.807) is 6.07 Å². The monoisotopic (exact) mass is 285 g/mol. The number of carbonyl (C=O) groups is 3. The van der Waals surface area contributed by atoms with Crippen LogP contribution in [0.1, 0.15) is 20.7 Å². The Morgan fingerprint density at radius 2 is 2.05 bits per heavy atom. The second kappa shape index (κ2) is 4.75. The third-order valence-corrected chi connectivity index (χ3v) is 2.98. The van der Waals surface area contributed by atoms with Crippen LogP contribution in [0.15, 0.2) is 30.6 Å². The Kier molecular flexibility index (Phi) is 2.90. The molecule has 1 aliphatic rings. The summed E-state index contributed by atoms with van der Waals surface area (Å²) in [6, 6.07) is 4.52. The van der Waals surface area contributed by atoms with Gasteiger partial charge in [0.15, 0.2) is 0 Å². The van der Waals surface area contributed by atoms with Gasteiger partial charge in [-0.05, 0) is 18.2 Å². The Hall–Kier alpha value is -3.16. The van der Waals surface area contributed by atoms with Gasteiger partial charge in [0, 0.05) is 11.9 Å². The van der Waals surface area contributed by atoms with Gasteiger partial charge < -0.3 is 11.1 Å². The van der Waals surface area contributed by atoms with Crippen LogP contribution in [0.2, 0.25) is 0 Å². The first-order valence-corrected chi connectivity index (χ1v) is 6.10. The molecule has 4 N–H and O–H groups in total. The Bertz CT molecular complexity index is 765. The van der Waals surface area contributed by atoms with Crippen molar-refractivity contribution in [3.05, 3.63) is 41.7 Å². The number of anilines is 2. The number of nitrogen functional groups attached to an aromatic ring is 1. The third kappa shape index (κ3) is 2.46. The molecule has 3 amide bonds. The van der Waals surface area contributed by atoms with E-state index >= 15 is 0 Å². The zero-order valence-corrected chi connectivity index (χ0v) is 10.8. The fourth-order valence-corrected chi connectivity index (χ4v) is 2.06. The van der Waals surface area contributed by atoms with Crippen molar-refractivity contribution in [2.24, 2.45) is 0 Å². The second-order valence-electron chi connectivity index (χ2n) is 4.56. The predicted molar refractivity (Wildman–Crippen MR) is 73.5 cm³/mol. The zero-order valence-electron chi connectivity index (χ0n) is 10.8. The highest BCUT2D eigenvalue weighted by Gasteiger charge is 2.26.